The minimum Gasteiger partial charge on any atom is -0.426 e. The zero-order chi connectivity index (χ0) is 18.6. The molecule has 0 atom stereocenters. The number of carbonyl (C=O) groups excluding carboxylic acids is 1. The van der Waals surface area contributed by atoms with E-state index in [0.29, 0.717) is 5.75 Å². The van der Waals surface area contributed by atoms with Gasteiger partial charge in [-0.1, -0.05) is 52.3 Å². The first-order chi connectivity index (χ1) is 12.4. The fourth-order valence-electron chi connectivity index (χ4n) is 2.49. The summed E-state index contributed by atoms with van der Waals surface area (Å²) >= 11 is 3.32. The van der Waals surface area contributed by atoms with Crippen molar-refractivity contribution in [2.75, 3.05) is 4.90 Å². The van der Waals surface area contributed by atoms with Crippen LogP contribution in [0.3, 0.4) is 0 Å². The molecule has 26 heavy (non-hydrogen) atoms. The third-order valence-electron chi connectivity index (χ3n) is 3.82. The van der Waals surface area contributed by atoms with Crippen molar-refractivity contribution in [1.82, 2.24) is 0 Å². The zero-order valence-electron chi connectivity index (χ0n) is 14.7. The Hall–Kier alpha value is -2.59. The normalized spacial score (nSPS) is 11.0. The Morgan fingerprint density at radius 3 is 1.62 bits per heavy atom. The predicted molar refractivity (Wildman–Crippen MR) is 110 cm³/mol. The van der Waals surface area contributed by atoms with Gasteiger partial charge in [-0.25, -0.2) is 0 Å². The van der Waals surface area contributed by atoms with E-state index in [0.717, 1.165) is 17.1 Å². The van der Waals surface area contributed by atoms with Crippen LogP contribution in [-0.4, -0.2) is 10.3 Å². The van der Waals surface area contributed by atoms with Crippen LogP contribution < -0.4 is 9.64 Å². The summed E-state index contributed by atoms with van der Waals surface area (Å²) in [5.74, 6) is 0.195. The summed E-state index contributed by atoms with van der Waals surface area (Å²) in [7, 11) is 0. The number of halogens is 1. The molecular weight excluding hydrogens is 390 g/mol. The molecular formula is C22H20BrNO2. The van der Waals surface area contributed by atoms with Gasteiger partial charge in [0.25, 0.3) is 0 Å². The van der Waals surface area contributed by atoms with Crippen LogP contribution in [0, 0.1) is 0 Å². The Bertz CT molecular complexity index is 817. The number of hydrogen-bond acceptors (Lipinski definition) is 3. The molecule has 3 rings (SSSR count). The fraction of sp³-hybridized carbons (Fsp3) is 0.136. The number of alkyl halides is 1. The molecule has 3 nitrogen and oxygen atoms in total. The van der Waals surface area contributed by atoms with Crippen molar-refractivity contribution >= 4 is 39.0 Å². The van der Waals surface area contributed by atoms with Crippen LogP contribution in [0.2, 0.25) is 0 Å². The average molecular weight is 410 g/mol. The van der Waals surface area contributed by atoms with Gasteiger partial charge in [-0.05, 0) is 62.4 Å². The number of benzene rings is 3. The molecule has 3 aromatic rings. The number of nitrogens with zero attached hydrogens (tertiary/aromatic N) is 1. The summed E-state index contributed by atoms with van der Waals surface area (Å²) in [6.07, 6.45) is 0. The summed E-state index contributed by atoms with van der Waals surface area (Å²) in [4.78, 5) is 14.2. The van der Waals surface area contributed by atoms with E-state index in [1.165, 1.54) is 0 Å². The van der Waals surface area contributed by atoms with E-state index in [1.54, 1.807) is 13.8 Å². The molecule has 0 aliphatic carbocycles. The lowest BCUT2D eigenvalue weighted by Gasteiger charge is -2.25. The molecule has 0 heterocycles. The molecule has 0 unspecified atom stereocenters. The van der Waals surface area contributed by atoms with Crippen molar-refractivity contribution in [3.05, 3.63) is 84.9 Å². The third kappa shape index (κ3) is 4.33. The van der Waals surface area contributed by atoms with Crippen LogP contribution in [-0.2, 0) is 4.79 Å². The topological polar surface area (TPSA) is 29.5 Å². The Morgan fingerprint density at radius 1 is 0.769 bits per heavy atom. The van der Waals surface area contributed by atoms with Crippen molar-refractivity contribution < 1.29 is 9.53 Å². The maximum Gasteiger partial charge on any atom is 0.327 e. The molecule has 0 fully saturated rings. The number of esters is 1. The molecule has 0 spiro atoms. The monoisotopic (exact) mass is 409 g/mol. The number of carbonyl (C=O) groups is 1. The van der Waals surface area contributed by atoms with E-state index in [4.69, 9.17) is 4.74 Å². The van der Waals surface area contributed by atoms with Crippen LogP contribution in [0.5, 0.6) is 5.75 Å². The number of hydrogen-bond donors (Lipinski definition) is 0. The van der Waals surface area contributed by atoms with Crippen LogP contribution in [0.15, 0.2) is 84.9 Å². The minimum absolute atomic E-state index is 0.326. The Morgan fingerprint density at radius 2 is 1.19 bits per heavy atom. The minimum atomic E-state index is -0.716. The standard InChI is InChI=1S/C22H20BrNO2/c1-22(2,23)21(25)26-20-15-13-19(14-16-20)24(17-9-5-3-6-10-17)18-11-7-4-8-12-18/h3-16H,1-2H3. The second-order valence-electron chi connectivity index (χ2n) is 6.36. The van der Waals surface area contributed by atoms with Gasteiger partial charge in [-0.15, -0.1) is 0 Å². The highest BCUT2D eigenvalue weighted by Crippen LogP contribution is 2.35. The van der Waals surface area contributed by atoms with E-state index in [-0.39, 0.29) is 5.97 Å². The Labute approximate surface area is 162 Å². The molecule has 0 aromatic heterocycles. The highest BCUT2D eigenvalue weighted by molar-refractivity contribution is 9.10. The third-order valence-corrected chi connectivity index (χ3v) is 4.14. The fourth-order valence-corrected chi connectivity index (χ4v) is 2.57. The van der Waals surface area contributed by atoms with Gasteiger partial charge in [0, 0.05) is 17.1 Å². The Balaban J connectivity index is 1.92. The first-order valence-electron chi connectivity index (χ1n) is 8.36. The molecule has 0 N–H and O–H groups in total. The molecule has 0 amide bonds. The van der Waals surface area contributed by atoms with Gasteiger partial charge in [0.05, 0.1) is 0 Å². The first-order valence-corrected chi connectivity index (χ1v) is 9.16. The number of para-hydroxylation sites is 2. The van der Waals surface area contributed by atoms with Crippen molar-refractivity contribution in [1.29, 1.82) is 0 Å². The lowest BCUT2D eigenvalue weighted by molar-refractivity contribution is -0.136. The summed E-state index contributed by atoms with van der Waals surface area (Å²) in [5, 5.41) is 0. The SMILES string of the molecule is CC(C)(Br)C(=O)Oc1ccc(N(c2ccccc2)c2ccccc2)cc1. The predicted octanol–water partition coefficient (Wildman–Crippen LogP) is 6.24. The molecule has 0 saturated carbocycles. The summed E-state index contributed by atoms with van der Waals surface area (Å²) in [5.41, 5.74) is 3.11. The van der Waals surface area contributed by atoms with Crippen LogP contribution in [0.1, 0.15) is 13.8 Å². The second-order valence-corrected chi connectivity index (χ2v) is 8.34. The van der Waals surface area contributed by atoms with Crippen molar-refractivity contribution in [3.8, 4) is 5.75 Å². The number of rotatable bonds is 5. The van der Waals surface area contributed by atoms with Crippen LogP contribution in [0.25, 0.3) is 0 Å². The zero-order valence-corrected chi connectivity index (χ0v) is 16.3. The van der Waals surface area contributed by atoms with E-state index in [1.807, 2.05) is 60.7 Å². The van der Waals surface area contributed by atoms with Gasteiger partial charge in [0.15, 0.2) is 0 Å². The molecule has 0 aliphatic rings. The Kier molecular flexibility index (Phi) is 5.43. The van der Waals surface area contributed by atoms with Gasteiger partial charge in [-0.3, -0.25) is 4.79 Å². The number of ether oxygens (including phenoxy) is 1. The van der Waals surface area contributed by atoms with E-state index >= 15 is 0 Å². The quantitative estimate of drug-likeness (QED) is 0.284. The van der Waals surface area contributed by atoms with Crippen LogP contribution >= 0.6 is 15.9 Å². The molecule has 132 valence electrons. The van der Waals surface area contributed by atoms with Gasteiger partial charge >= 0.3 is 5.97 Å². The highest BCUT2D eigenvalue weighted by Gasteiger charge is 2.26. The maximum absolute atomic E-state index is 12.0. The molecule has 4 heteroatoms. The lowest BCUT2D eigenvalue weighted by atomic mass is 10.2. The molecule has 3 aromatic carbocycles. The van der Waals surface area contributed by atoms with Crippen molar-refractivity contribution in [2.24, 2.45) is 0 Å². The molecule has 0 saturated heterocycles. The molecule has 0 bridgehead atoms. The second kappa shape index (κ2) is 7.75. The van der Waals surface area contributed by atoms with Gasteiger partial charge < -0.3 is 9.64 Å². The van der Waals surface area contributed by atoms with Gasteiger partial charge in [0.1, 0.15) is 10.1 Å². The van der Waals surface area contributed by atoms with E-state index in [2.05, 4.69) is 45.1 Å². The lowest BCUT2D eigenvalue weighted by Crippen LogP contribution is -2.29. The number of anilines is 3. The van der Waals surface area contributed by atoms with Gasteiger partial charge in [0.2, 0.25) is 0 Å². The maximum atomic E-state index is 12.0. The molecule has 0 radical (unpaired) electrons. The van der Waals surface area contributed by atoms with E-state index in [9.17, 15) is 4.79 Å². The average Bonchev–Trinajstić information content (AvgIpc) is 2.64. The summed E-state index contributed by atoms with van der Waals surface area (Å²) in [6, 6.07) is 27.8. The van der Waals surface area contributed by atoms with Crippen molar-refractivity contribution in [3.63, 3.8) is 0 Å². The highest BCUT2D eigenvalue weighted by atomic mass is 79.9. The largest absolute Gasteiger partial charge is 0.426 e. The molecule has 0 aliphatic heterocycles. The smallest absolute Gasteiger partial charge is 0.327 e. The van der Waals surface area contributed by atoms with Crippen LogP contribution in [0.4, 0.5) is 17.1 Å². The van der Waals surface area contributed by atoms with Crippen molar-refractivity contribution in [2.45, 2.75) is 18.2 Å². The first kappa shape index (κ1) is 18.2. The summed E-state index contributed by atoms with van der Waals surface area (Å²) in [6.45, 7) is 3.52. The van der Waals surface area contributed by atoms with Gasteiger partial charge in [-0.2, -0.15) is 0 Å². The van der Waals surface area contributed by atoms with E-state index < -0.39 is 4.32 Å². The summed E-state index contributed by atoms with van der Waals surface area (Å²) < 4.78 is 4.70.